The fourth-order valence-corrected chi connectivity index (χ4v) is 3.20. The van der Waals surface area contributed by atoms with Gasteiger partial charge in [0, 0.05) is 35.4 Å². The Bertz CT molecular complexity index is 810. The summed E-state index contributed by atoms with van der Waals surface area (Å²) in [4.78, 5) is 6.50. The Morgan fingerprint density at radius 1 is 1.00 bits per heavy atom. The van der Waals surface area contributed by atoms with Crippen molar-refractivity contribution in [2.45, 2.75) is 12.8 Å². The van der Waals surface area contributed by atoms with E-state index in [1.54, 1.807) is 6.20 Å². The molecule has 2 N–H and O–H groups in total. The summed E-state index contributed by atoms with van der Waals surface area (Å²) in [5.41, 5.74) is 11.1. The molecular formula is C18H17N3. The predicted octanol–water partition coefficient (Wildman–Crippen LogP) is 3.90. The standard InChI is InChI=1S/C18H17N3/c19-18-15-9-10-20-12-14(15)7-8-17(18)21-11-3-5-13-4-1-2-6-16(13)21/h1-2,4,6-10,12H,3,5,11,19H2. The average molecular weight is 275 g/mol. The van der Waals surface area contributed by atoms with Gasteiger partial charge in [0.15, 0.2) is 0 Å². The fourth-order valence-electron chi connectivity index (χ4n) is 3.20. The smallest absolute Gasteiger partial charge is 0.0651 e. The molecule has 0 spiro atoms. The molecule has 0 saturated heterocycles. The second-order valence-electron chi connectivity index (χ2n) is 5.48. The van der Waals surface area contributed by atoms with E-state index in [-0.39, 0.29) is 0 Å². The number of pyridine rings is 1. The Hall–Kier alpha value is -2.55. The zero-order valence-electron chi connectivity index (χ0n) is 11.8. The lowest BCUT2D eigenvalue weighted by molar-refractivity contribution is 0.768. The lowest BCUT2D eigenvalue weighted by Gasteiger charge is -2.32. The van der Waals surface area contributed by atoms with Crippen molar-refractivity contribution in [2.24, 2.45) is 0 Å². The molecule has 3 aromatic rings. The molecule has 104 valence electrons. The van der Waals surface area contributed by atoms with Crippen molar-refractivity contribution < 1.29 is 0 Å². The van der Waals surface area contributed by atoms with Crippen LogP contribution < -0.4 is 10.6 Å². The van der Waals surface area contributed by atoms with Crippen LogP contribution in [0.25, 0.3) is 10.8 Å². The molecule has 0 aliphatic carbocycles. The highest BCUT2D eigenvalue weighted by Gasteiger charge is 2.20. The topological polar surface area (TPSA) is 42.1 Å². The molecule has 1 aromatic heterocycles. The molecule has 0 unspecified atom stereocenters. The van der Waals surface area contributed by atoms with Gasteiger partial charge in [0.05, 0.1) is 11.4 Å². The van der Waals surface area contributed by atoms with Crippen molar-refractivity contribution in [3.8, 4) is 0 Å². The maximum absolute atomic E-state index is 6.44. The molecule has 2 heterocycles. The lowest BCUT2D eigenvalue weighted by Crippen LogP contribution is -2.25. The Kier molecular flexibility index (Phi) is 2.78. The van der Waals surface area contributed by atoms with Crippen LogP contribution in [0.2, 0.25) is 0 Å². The molecule has 0 radical (unpaired) electrons. The second kappa shape index (κ2) is 4.77. The van der Waals surface area contributed by atoms with Gasteiger partial charge >= 0.3 is 0 Å². The molecule has 3 heteroatoms. The number of aryl methyl sites for hydroxylation is 1. The average Bonchev–Trinajstić information content (AvgIpc) is 2.55. The molecule has 0 bridgehead atoms. The lowest BCUT2D eigenvalue weighted by atomic mass is 10.00. The van der Waals surface area contributed by atoms with E-state index in [1.165, 1.54) is 11.3 Å². The third-order valence-electron chi connectivity index (χ3n) is 4.24. The second-order valence-corrected chi connectivity index (χ2v) is 5.48. The minimum atomic E-state index is 0.839. The zero-order chi connectivity index (χ0) is 14.2. The number of nitrogens with zero attached hydrogens (tertiary/aromatic N) is 2. The minimum absolute atomic E-state index is 0.839. The third-order valence-corrected chi connectivity index (χ3v) is 4.24. The quantitative estimate of drug-likeness (QED) is 0.685. The molecule has 4 rings (SSSR count). The van der Waals surface area contributed by atoms with Gasteiger partial charge in [-0.2, -0.15) is 0 Å². The van der Waals surface area contributed by atoms with Crippen LogP contribution in [0.5, 0.6) is 0 Å². The van der Waals surface area contributed by atoms with E-state index >= 15 is 0 Å². The van der Waals surface area contributed by atoms with Crippen molar-refractivity contribution in [3.05, 3.63) is 60.4 Å². The summed E-state index contributed by atoms with van der Waals surface area (Å²) < 4.78 is 0. The maximum Gasteiger partial charge on any atom is 0.0651 e. The number of fused-ring (bicyclic) bond motifs is 2. The van der Waals surface area contributed by atoms with Crippen LogP contribution in [-0.4, -0.2) is 11.5 Å². The van der Waals surface area contributed by atoms with E-state index in [4.69, 9.17) is 5.73 Å². The van der Waals surface area contributed by atoms with Crippen molar-refractivity contribution in [2.75, 3.05) is 17.2 Å². The van der Waals surface area contributed by atoms with Crippen molar-refractivity contribution >= 4 is 27.8 Å². The van der Waals surface area contributed by atoms with Gasteiger partial charge in [-0.1, -0.05) is 24.3 Å². The number of nitrogen functional groups attached to an aromatic ring is 1. The molecule has 2 aromatic carbocycles. The highest BCUT2D eigenvalue weighted by Crippen LogP contribution is 2.38. The van der Waals surface area contributed by atoms with Crippen molar-refractivity contribution in [1.29, 1.82) is 0 Å². The van der Waals surface area contributed by atoms with Gasteiger partial charge in [0.2, 0.25) is 0 Å². The van der Waals surface area contributed by atoms with Gasteiger partial charge < -0.3 is 10.6 Å². The first-order valence-corrected chi connectivity index (χ1v) is 7.32. The number of benzene rings is 2. The Morgan fingerprint density at radius 2 is 1.90 bits per heavy atom. The van der Waals surface area contributed by atoms with Crippen LogP contribution in [-0.2, 0) is 6.42 Å². The molecule has 0 atom stereocenters. The first-order valence-electron chi connectivity index (χ1n) is 7.32. The highest BCUT2D eigenvalue weighted by molar-refractivity contribution is 5.99. The highest BCUT2D eigenvalue weighted by atomic mass is 15.1. The monoisotopic (exact) mass is 275 g/mol. The molecule has 1 aliphatic heterocycles. The van der Waals surface area contributed by atoms with E-state index in [1.807, 2.05) is 12.3 Å². The Balaban J connectivity index is 1.90. The van der Waals surface area contributed by atoms with Crippen molar-refractivity contribution in [1.82, 2.24) is 4.98 Å². The predicted molar refractivity (Wildman–Crippen MR) is 87.9 cm³/mol. The summed E-state index contributed by atoms with van der Waals surface area (Å²) in [7, 11) is 0. The minimum Gasteiger partial charge on any atom is -0.397 e. The number of hydrogen-bond acceptors (Lipinski definition) is 3. The summed E-state index contributed by atoms with van der Waals surface area (Å²) in [5, 5.41) is 2.16. The summed E-state index contributed by atoms with van der Waals surface area (Å²) in [5.74, 6) is 0. The van der Waals surface area contributed by atoms with Crippen LogP contribution >= 0.6 is 0 Å². The molecule has 0 amide bonds. The number of para-hydroxylation sites is 1. The van der Waals surface area contributed by atoms with E-state index in [2.05, 4.69) is 46.3 Å². The molecule has 1 aliphatic rings. The summed E-state index contributed by atoms with van der Waals surface area (Å²) in [6.45, 7) is 1.01. The van der Waals surface area contributed by atoms with Crippen LogP contribution in [0.3, 0.4) is 0 Å². The van der Waals surface area contributed by atoms with E-state index in [0.29, 0.717) is 0 Å². The molecule has 0 saturated carbocycles. The normalized spacial score (nSPS) is 14.2. The van der Waals surface area contributed by atoms with Crippen molar-refractivity contribution in [3.63, 3.8) is 0 Å². The Morgan fingerprint density at radius 3 is 2.86 bits per heavy atom. The summed E-state index contributed by atoms with van der Waals surface area (Å²) >= 11 is 0. The third kappa shape index (κ3) is 1.93. The van der Waals surface area contributed by atoms with Gasteiger partial charge in [-0.15, -0.1) is 0 Å². The number of nitrogens with two attached hydrogens (primary N) is 1. The van der Waals surface area contributed by atoms with E-state index in [9.17, 15) is 0 Å². The van der Waals surface area contributed by atoms with Gasteiger partial charge in [0.1, 0.15) is 0 Å². The Labute approximate surface area is 124 Å². The molecule has 21 heavy (non-hydrogen) atoms. The zero-order valence-corrected chi connectivity index (χ0v) is 11.8. The van der Waals surface area contributed by atoms with E-state index in [0.717, 1.165) is 41.5 Å². The maximum atomic E-state index is 6.44. The first-order chi connectivity index (χ1) is 10.3. The summed E-state index contributed by atoms with van der Waals surface area (Å²) in [6, 6.07) is 14.8. The molecule has 0 fully saturated rings. The van der Waals surface area contributed by atoms with Crippen LogP contribution in [0.1, 0.15) is 12.0 Å². The van der Waals surface area contributed by atoms with Crippen LogP contribution in [0.15, 0.2) is 54.9 Å². The first kappa shape index (κ1) is 12.2. The fraction of sp³-hybridized carbons (Fsp3) is 0.167. The number of aromatic nitrogens is 1. The largest absolute Gasteiger partial charge is 0.397 e. The SMILES string of the molecule is Nc1c(N2CCCc3ccccc32)ccc2cnccc12. The van der Waals surface area contributed by atoms with Crippen LogP contribution in [0.4, 0.5) is 17.1 Å². The van der Waals surface area contributed by atoms with Gasteiger partial charge in [0.25, 0.3) is 0 Å². The van der Waals surface area contributed by atoms with Gasteiger partial charge in [-0.05, 0) is 36.6 Å². The molecular weight excluding hydrogens is 258 g/mol. The summed E-state index contributed by atoms with van der Waals surface area (Å²) in [6.07, 6.45) is 5.96. The number of hydrogen-bond donors (Lipinski definition) is 1. The number of anilines is 3. The van der Waals surface area contributed by atoms with Crippen LogP contribution in [0, 0.1) is 0 Å². The van der Waals surface area contributed by atoms with E-state index < -0.39 is 0 Å². The van der Waals surface area contributed by atoms with Gasteiger partial charge in [-0.25, -0.2) is 0 Å². The molecule has 3 nitrogen and oxygen atoms in total. The van der Waals surface area contributed by atoms with Gasteiger partial charge in [-0.3, -0.25) is 4.98 Å². The number of rotatable bonds is 1.